The zero-order chi connectivity index (χ0) is 18.6. The van der Waals surface area contributed by atoms with Gasteiger partial charge < -0.3 is 4.74 Å². The van der Waals surface area contributed by atoms with E-state index in [2.05, 4.69) is 55.4 Å². The summed E-state index contributed by atoms with van der Waals surface area (Å²) < 4.78 is 5.40. The average Bonchev–Trinajstić information content (AvgIpc) is 2.63. The summed E-state index contributed by atoms with van der Waals surface area (Å²) in [5.41, 5.74) is 6.57. The lowest BCUT2D eigenvalue weighted by molar-refractivity contribution is -0.144. The van der Waals surface area contributed by atoms with Crippen molar-refractivity contribution in [3.05, 3.63) is 83.6 Å². The van der Waals surface area contributed by atoms with E-state index < -0.39 is 8.07 Å². The molecule has 0 unspecified atom stereocenters. The smallest absolute Gasteiger partial charge is 0.315 e. The maximum atomic E-state index is 12.6. The van der Waals surface area contributed by atoms with Gasteiger partial charge in [0.05, 0.1) is 5.92 Å². The van der Waals surface area contributed by atoms with Crippen molar-refractivity contribution < 1.29 is 9.53 Å². The van der Waals surface area contributed by atoms with Crippen molar-refractivity contribution >= 4 is 14.0 Å². The first-order valence-electron chi connectivity index (χ1n) is 8.97. The van der Waals surface area contributed by atoms with Crippen LogP contribution in [-0.2, 0) is 16.0 Å². The van der Waals surface area contributed by atoms with E-state index in [1.807, 2.05) is 36.4 Å². The summed E-state index contributed by atoms with van der Waals surface area (Å²) in [7, 11) is -1.53. The Morgan fingerprint density at radius 3 is 2.19 bits per heavy atom. The maximum absolute atomic E-state index is 12.6. The predicted molar refractivity (Wildman–Crippen MR) is 108 cm³/mol. The highest BCUT2D eigenvalue weighted by molar-refractivity contribution is 6.83. The van der Waals surface area contributed by atoms with Crippen LogP contribution >= 0.6 is 0 Å². The van der Waals surface area contributed by atoms with Crippen LogP contribution < -0.4 is 0 Å². The molecule has 0 aliphatic carbocycles. The predicted octanol–water partition coefficient (Wildman–Crippen LogP) is 4.95. The number of esters is 1. The van der Waals surface area contributed by atoms with Gasteiger partial charge in [-0.2, -0.15) is 0 Å². The summed E-state index contributed by atoms with van der Waals surface area (Å²) in [6.07, 6.45) is 2.21. The van der Waals surface area contributed by atoms with E-state index in [1.54, 1.807) is 6.26 Å². The Labute approximate surface area is 156 Å². The van der Waals surface area contributed by atoms with Gasteiger partial charge in [-0.1, -0.05) is 86.2 Å². The van der Waals surface area contributed by atoms with Gasteiger partial charge in [0, 0.05) is 11.5 Å². The van der Waals surface area contributed by atoms with Crippen LogP contribution in [0.25, 0.3) is 0 Å². The molecule has 3 rings (SSSR count). The Morgan fingerprint density at radius 1 is 0.962 bits per heavy atom. The van der Waals surface area contributed by atoms with Gasteiger partial charge >= 0.3 is 5.97 Å². The van der Waals surface area contributed by atoms with Crippen molar-refractivity contribution in [2.45, 2.75) is 32.0 Å². The molecule has 0 spiro atoms. The van der Waals surface area contributed by atoms with Gasteiger partial charge in [-0.05, 0) is 17.5 Å². The second-order valence-electron chi connectivity index (χ2n) is 7.69. The summed E-state index contributed by atoms with van der Waals surface area (Å²) >= 11 is 0. The number of ether oxygens (including phenoxy) is 1. The van der Waals surface area contributed by atoms with Crippen LogP contribution in [0.5, 0.6) is 0 Å². The highest BCUT2D eigenvalue weighted by Crippen LogP contribution is 2.38. The lowest BCUT2D eigenvalue weighted by Gasteiger charge is -2.29. The summed E-state index contributed by atoms with van der Waals surface area (Å²) in [5, 5.41) is 0. The van der Waals surface area contributed by atoms with Gasteiger partial charge in [0.1, 0.15) is 14.3 Å². The number of carbonyl (C=O) groups excluding carboxylic acids is 1. The highest BCUT2D eigenvalue weighted by Gasteiger charge is 2.36. The van der Waals surface area contributed by atoms with E-state index in [-0.39, 0.29) is 17.8 Å². The first-order chi connectivity index (χ1) is 12.4. The van der Waals surface area contributed by atoms with Gasteiger partial charge in [-0.3, -0.25) is 4.79 Å². The number of hydrogen-bond donors (Lipinski definition) is 0. The van der Waals surface area contributed by atoms with Crippen LogP contribution in [0.2, 0.25) is 19.6 Å². The molecule has 0 aromatic heterocycles. The lowest BCUT2D eigenvalue weighted by atomic mass is 9.77. The number of rotatable bonds is 3. The molecule has 0 radical (unpaired) electrons. The monoisotopic (exact) mass is 360 g/mol. The van der Waals surface area contributed by atoms with Crippen LogP contribution in [0.1, 0.15) is 17.0 Å². The fraction of sp³-hybridized carbons (Fsp3) is 0.261. The van der Waals surface area contributed by atoms with Crippen molar-refractivity contribution in [3.8, 4) is 11.5 Å². The minimum absolute atomic E-state index is 0.0680. The zero-order valence-electron chi connectivity index (χ0n) is 15.5. The molecule has 0 N–H and O–H groups in total. The molecule has 2 atom stereocenters. The summed E-state index contributed by atoms with van der Waals surface area (Å²) in [5.74, 6) is 2.83. The summed E-state index contributed by atoms with van der Waals surface area (Å²) in [6.45, 7) is 6.65. The standard InChI is InChI=1S/C23H24O2Si/c1-26(2,3)15-14-20-17-25-23(24)21(16-18-10-6-4-7-11-18)22(20)19-12-8-5-9-13-19/h4-13,17,21-22H,16H2,1-3H3/t21-,22+/m0/s1. The Bertz CT molecular complexity index is 852. The molecule has 1 heterocycles. The topological polar surface area (TPSA) is 26.3 Å². The average molecular weight is 361 g/mol. The van der Waals surface area contributed by atoms with Gasteiger partial charge in [-0.15, -0.1) is 5.54 Å². The molecule has 0 saturated carbocycles. The Hall–Kier alpha value is -2.57. The third-order valence-corrected chi connectivity index (χ3v) is 5.26. The Morgan fingerprint density at radius 2 is 1.58 bits per heavy atom. The molecule has 2 nitrogen and oxygen atoms in total. The quantitative estimate of drug-likeness (QED) is 0.440. The molecule has 0 bridgehead atoms. The molecule has 0 fully saturated rings. The van der Waals surface area contributed by atoms with Crippen molar-refractivity contribution in [3.63, 3.8) is 0 Å². The highest BCUT2D eigenvalue weighted by atomic mass is 28.3. The number of cyclic esters (lactones) is 1. The second kappa shape index (κ2) is 7.76. The normalized spacial score (nSPS) is 19.8. The van der Waals surface area contributed by atoms with E-state index >= 15 is 0 Å². The zero-order valence-corrected chi connectivity index (χ0v) is 16.5. The van der Waals surface area contributed by atoms with E-state index in [4.69, 9.17) is 4.74 Å². The van der Waals surface area contributed by atoms with Gasteiger partial charge in [0.2, 0.25) is 0 Å². The molecule has 1 aliphatic heterocycles. The Kier molecular flexibility index (Phi) is 5.44. The Balaban J connectivity index is 2.02. The SMILES string of the molecule is C[Si](C)(C)C#CC1=COC(=O)[C@@H](Cc2ccccc2)[C@@H]1c1ccccc1. The van der Waals surface area contributed by atoms with Crippen molar-refractivity contribution in [2.75, 3.05) is 0 Å². The minimum Gasteiger partial charge on any atom is -0.433 e. The first-order valence-corrected chi connectivity index (χ1v) is 12.5. The fourth-order valence-electron chi connectivity index (χ4n) is 3.14. The van der Waals surface area contributed by atoms with Crippen molar-refractivity contribution in [1.82, 2.24) is 0 Å². The van der Waals surface area contributed by atoms with E-state index in [9.17, 15) is 4.79 Å². The number of hydrogen-bond acceptors (Lipinski definition) is 2. The van der Waals surface area contributed by atoms with Crippen LogP contribution in [0.4, 0.5) is 0 Å². The number of allylic oxidation sites excluding steroid dienone is 1. The molecular weight excluding hydrogens is 336 g/mol. The fourth-order valence-corrected chi connectivity index (χ4v) is 3.66. The van der Waals surface area contributed by atoms with Crippen LogP contribution in [0.3, 0.4) is 0 Å². The van der Waals surface area contributed by atoms with E-state index in [1.165, 1.54) is 0 Å². The van der Waals surface area contributed by atoms with E-state index in [0.717, 1.165) is 16.7 Å². The van der Waals surface area contributed by atoms with Crippen molar-refractivity contribution in [1.29, 1.82) is 0 Å². The number of benzene rings is 2. The maximum Gasteiger partial charge on any atom is 0.315 e. The molecule has 26 heavy (non-hydrogen) atoms. The van der Waals surface area contributed by atoms with Gasteiger partial charge in [0.15, 0.2) is 0 Å². The van der Waals surface area contributed by atoms with Crippen molar-refractivity contribution in [2.24, 2.45) is 5.92 Å². The first kappa shape index (κ1) is 18.2. The third kappa shape index (κ3) is 4.53. The van der Waals surface area contributed by atoms with E-state index in [0.29, 0.717) is 6.42 Å². The molecule has 132 valence electrons. The molecule has 1 aliphatic rings. The lowest BCUT2D eigenvalue weighted by Crippen LogP contribution is -2.30. The van der Waals surface area contributed by atoms with Gasteiger partial charge in [0.25, 0.3) is 0 Å². The van der Waals surface area contributed by atoms with Crippen LogP contribution in [0.15, 0.2) is 72.5 Å². The van der Waals surface area contributed by atoms with Gasteiger partial charge in [-0.25, -0.2) is 0 Å². The second-order valence-corrected chi connectivity index (χ2v) is 12.4. The molecule has 2 aromatic rings. The van der Waals surface area contributed by atoms with Crippen LogP contribution in [-0.4, -0.2) is 14.0 Å². The van der Waals surface area contributed by atoms with Crippen LogP contribution in [0, 0.1) is 17.4 Å². The summed E-state index contributed by atoms with van der Waals surface area (Å²) in [6, 6.07) is 20.3. The largest absolute Gasteiger partial charge is 0.433 e. The molecule has 0 amide bonds. The molecule has 3 heteroatoms. The molecule has 0 saturated heterocycles. The minimum atomic E-state index is -1.53. The summed E-state index contributed by atoms with van der Waals surface area (Å²) in [4.78, 5) is 12.6. The number of carbonyl (C=O) groups is 1. The molecule has 2 aromatic carbocycles. The third-order valence-electron chi connectivity index (χ3n) is 4.38. The molecular formula is C23H24O2Si.